The van der Waals surface area contributed by atoms with E-state index in [0.29, 0.717) is 10.9 Å². The third-order valence-electron chi connectivity index (χ3n) is 2.85. The van der Waals surface area contributed by atoms with E-state index in [1.165, 1.54) is 23.1 Å². The van der Waals surface area contributed by atoms with Crippen molar-refractivity contribution in [1.29, 1.82) is 0 Å². The van der Waals surface area contributed by atoms with Crippen LogP contribution in [0.3, 0.4) is 0 Å². The molecule has 2 aromatic rings. The summed E-state index contributed by atoms with van der Waals surface area (Å²) in [4.78, 5) is 17.3. The fourth-order valence-corrected chi connectivity index (χ4v) is 3.15. The molecular weight excluding hydrogens is 294 g/mol. The normalized spacial score (nSPS) is 10.8. The van der Waals surface area contributed by atoms with Gasteiger partial charge in [-0.05, 0) is 13.8 Å². The van der Waals surface area contributed by atoms with Crippen LogP contribution in [0.25, 0.3) is 0 Å². The van der Waals surface area contributed by atoms with Crippen molar-refractivity contribution in [3.05, 3.63) is 16.4 Å². The van der Waals surface area contributed by atoms with E-state index in [-0.39, 0.29) is 5.91 Å². The molecule has 0 aliphatic heterocycles. The minimum atomic E-state index is -0.0789. The molecule has 0 bridgehead atoms. The summed E-state index contributed by atoms with van der Waals surface area (Å²) < 4.78 is 1.91. The van der Waals surface area contributed by atoms with E-state index in [1.54, 1.807) is 0 Å². The van der Waals surface area contributed by atoms with Crippen molar-refractivity contribution < 1.29 is 4.79 Å². The molecule has 1 N–H and O–H groups in total. The molecule has 0 saturated heterocycles. The SMILES string of the molecule is CCc1nnc(SCC(=O)Nc2nc(C)c(C)s2)n1C. The number of aryl methyl sites for hydroxylation is 3. The number of aromatic nitrogens is 4. The zero-order chi connectivity index (χ0) is 14.7. The van der Waals surface area contributed by atoms with Gasteiger partial charge in [0.15, 0.2) is 10.3 Å². The van der Waals surface area contributed by atoms with Gasteiger partial charge in [-0.1, -0.05) is 18.7 Å². The average Bonchev–Trinajstić information content (AvgIpc) is 2.90. The number of hydrogen-bond acceptors (Lipinski definition) is 6. The second kappa shape index (κ2) is 6.36. The van der Waals surface area contributed by atoms with E-state index < -0.39 is 0 Å². The number of carbonyl (C=O) groups is 1. The predicted octanol–water partition coefficient (Wildman–Crippen LogP) is 2.18. The highest BCUT2D eigenvalue weighted by Gasteiger charge is 2.12. The number of amides is 1. The quantitative estimate of drug-likeness (QED) is 0.857. The summed E-state index contributed by atoms with van der Waals surface area (Å²) in [7, 11) is 1.91. The topological polar surface area (TPSA) is 72.7 Å². The van der Waals surface area contributed by atoms with E-state index >= 15 is 0 Å². The highest BCUT2D eigenvalue weighted by Crippen LogP contribution is 2.22. The van der Waals surface area contributed by atoms with Crippen LogP contribution in [-0.2, 0) is 18.3 Å². The Labute approximate surface area is 126 Å². The van der Waals surface area contributed by atoms with Gasteiger partial charge in [-0.3, -0.25) is 4.79 Å². The summed E-state index contributed by atoms with van der Waals surface area (Å²) in [6.07, 6.45) is 0.827. The maximum Gasteiger partial charge on any atom is 0.236 e. The molecule has 0 saturated carbocycles. The maximum absolute atomic E-state index is 11.9. The number of rotatable bonds is 5. The summed E-state index contributed by atoms with van der Waals surface area (Å²) in [5.74, 6) is 1.14. The van der Waals surface area contributed by atoms with Crippen molar-refractivity contribution in [3.8, 4) is 0 Å². The molecule has 2 aromatic heterocycles. The molecule has 0 atom stereocenters. The number of hydrogen-bond donors (Lipinski definition) is 1. The van der Waals surface area contributed by atoms with E-state index in [9.17, 15) is 4.79 Å². The van der Waals surface area contributed by atoms with Gasteiger partial charge >= 0.3 is 0 Å². The lowest BCUT2D eigenvalue weighted by Gasteiger charge is -2.02. The Morgan fingerprint density at radius 2 is 2.15 bits per heavy atom. The average molecular weight is 311 g/mol. The Bertz CT molecular complexity index is 600. The molecule has 20 heavy (non-hydrogen) atoms. The largest absolute Gasteiger partial charge is 0.309 e. The lowest BCUT2D eigenvalue weighted by atomic mass is 10.4. The van der Waals surface area contributed by atoms with Crippen LogP contribution in [0, 0.1) is 13.8 Å². The van der Waals surface area contributed by atoms with Gasteiger partial charge in [-0.2, -0.15) is 0 Å². The molecule has 6 nitrogen and oxygen atoms in total. The third kappa shape index (κ3) is 3.37. The molecule has 8 heteroatoms. The molecule has 0 unspecified atom stereocenters. The van der Waals surface area contributed by atoms with E-state index in [2.05, 4.69) is 20.5 Å². The zero-order valence-corrected chi connectivity index (χ0v) is 13.6. The van der Waals surface area contributed by atoms with Crippen LogP contribution in [-0.4, -0.2) is 31.4 Å². The summed E-state index contributed by atoms with van der Waals surface area (Å²) in [5, 5.41) is 12.3. The number of nitrogens with zero attached hydrogens (tertiary/aromatic N) is 4. The van der Waals surface area contributed by atoms with Crippen LogP contribution >= 0.6 is 23.1 Å². The first-order chi connectivity index (χ1) is 9.51. The highest BCUT2D eigenvalue weighted by atomic mass is 32.2. The first-order valence-electron chi connectivity index (χ1n) is 6.26. The fourth-order valence-electron chi connectivity index (χ4n) is 1.59. The Balaban J connectivity index is 1.90. The molecule has 2 heterocycles. The lowest BCUT2D eigenvalue weighted by molar-refractivity contribution is -0.113. The van der Waals surface area contributed by atoms with Gasteiger partial charge < -0.3 is 9.88 Å². The van der Waals surface area contributed by atoms with Crippen molar-refractivity contribution >= 4 is 34.1 Å². The summed E-state index contributed by atoms with van der Waals surface area (Å²) in [5.41, 5.74) is 0.957. The zero-order valence-electron chi connectivity index (χ0n) is 11.9. The summed E-state index contributed by atoms with van der Waals surface area (Å²) >= 11 is 2.87. The van der Waals surface area contributed by atoms with Crippen LogP contribution in [0.4, 0.5) is 5.13 Å². The Hall–Kier alpha value is -1.41. The maximum atomic E-state index is 11.9. The molecule has 0 aliphatic rings. The van der Waals surface area contributed by atoms with Crippen molar-refractivity contribution in [2.75, 3.05) is 11.1 Å². The molecule has 0 radical (unpaired) electrons. The Morgan fingerprint density at radius 3 is 2.70 bits per heavy atom. The van der Waals surface area contributed by atoms with Crippen LogP contribution in [0.1, 0.15) is 23.3 Å². The number of anilines is 1. The van der Waals surface area contributed by atoms with Crippen molar-refractivity contribution in [2.45, 2.75) is 32.3 Å². The lowest BCUT2D eigenvalue weighted by Crippen LogP contribution is -2.14. The smallest absolute Gasteiger partial charge is 0.236 e. The Kier molecular flexibility index (Phi) is 4.77. The molecule has 108 valence electrons. The van der Waals surface area contributed by atoms with Crippen molar-refractivity contribution in [1.82, 2.24) is 19.7 Å². The molecule has 0 fully saturated rings. The van der Waals surface area contributed by atoms with Crippen molar-refractivity contribution in [2.24, 2.45) is 7.05 Å². The minimum absolute atomic E-state index is 0.0789. The van der Waals surface area contributed by atoms with Crippen LogP contribution < -0.4 is 5.32 Å². The second-order valence-electron chi connectivity index (χ2n) is 4.31. The summed E-state index contributed by atoms with van der Waals surface area (Å²) in [6, 6.07) is 0. The standard InChI is InChI=1S/C12H17N5OS2/c1-5-9-15-16-12(17(9)4)19-6-10(18)14-11-13-7(2)8(3)20-11/h5-6H2,1-4H3,(H,13,14,18). The van der Waals surface area contributed by atoms with E-state index in [4.69, 9.17) is 0 Å². The number of thiazole rings is 1. The van der Waals surface area contributed by atoms with Crippen LogP contribution in [0.2, 0.25) is 0 Å². The number of nitrogens with one attached hydrogen (secondary N) is 1. The molecule has 0 spiro atoms. The van der Waals surface area contributed by atoms with Crippen LogP contribution in [0.5, 0.6) is 0 Å². The van der Waals surface area contributed by atoms with Gasteiger partial charge in [0.1, 0.15) is 5.82 Å². The van der Waals surface area contributed by atoms with Gasteiger partial charge in [0.2, 0.25) is 5.91 Å². The third-order valence-corrected chi connectivity index (χ3v) is 4.86. The highest BCUT2D eigenvalue weighted by molar-refractivity contribution is 7.99. The molecular formula is C12H17N5OS2. The molecule has 2 rings (SSSR count). The number of thioether (sulfide) groups is 1. The monoisotopic (exact) mass is 311 g/mol. The molecule has 1 amide bonds. The predicted molar refractivity (Wildman–Crippen MR) is 81.3 cm³/mol. The first-order valence-corrected chi connectivity index (χ1v) is 8.06. The van der Waals surface area contributed by atoms with Gasteiger partial charge in [-0.15, -0.1) is 21.5 Å². The van der Waals surface area contributed by atoms with Gasteiger partial charge in [-0.25, -0.2) is 4.98 Å². The fraction of sp³-hybridized carbons (Fsp3) is 0.500. The van der Waals surface area contributed by atoms with Gasteiger partial charge in [0, 0.05) is 18.3 Å². The van der Waals surface area contributed by atoms with E-state index in [0.717, 1.165) is 28.0 Å². The summed E-state index contributed by atoms with van der Waals surface area (Å²) in [6.45, 7) is 5.95. The number of carbonyl (C=O) groups excluding carboxylic acids is 1. The minimum Gasteiger partial charge on any atom is -0.309 e. The second-order valence-corrected chi connectivity index (χ2v) is 6.45. The molecule has 0 aromatic carbocycles. The first kappa shape index (κ1) is 15.0. The Morgan fingerprint density at radius 1 is 1.40 bits per heavy atom. The van der Waals surface area contributed by atoms with Crippen LogP contribution in [0.15, 0.2) is 5.16 Å². The molecule has 0 aliphatic carbocycles. The van der Waals surface area contributed by atoms with Gasteiger partial charge in [0.05, 0.1) is 11.4 Å². The van der Waals surface area contributed by atoms with Crippen molar-refractivity contribution in [3.63, 3.8) is 0 Å². The van der Waals surface area contributed by atoms with Gasteiger partial charge in [0.25, 0.3) is 0 Å². The van der Waals surface area contributed by atoms with E-state index in [1.807, 2.05) is 32.4 Å².